The van der Waals surface area contributed by atoms with E-state index < -0.39 is 6.04 Å². The lowest BCUT2D eigenvalue weighted by molar-refractivity contribution is 0.202. The Hall–Kier alpha value is -2.83. The lowest BCUT2D eigenvalue weighted by Crippen LogP contribution is -2.46. The van der Waals surface area contributed by atoms with Crippen LogP contribution in [0.1, 0.15) is 44.7 Å². The van der Waals surface area contributed by atoms with Gasteiger partial charge in [0.1, 0.15) is 0 Å². The number of carbonyl (C=O) groups excluding carboxylic acids is 1. The number of amides is 2. The van der Waals surface area contributed by atoms with Crippen molar-refractivity contribution in [1.29, 1.82) is 0 Å². The van der Waals surface area contributed by atoms with Gasteiger partial charge in [-0.15, -0.1) is 0 Å². The van der Waals surface area contributed by atoms with Crippen molar-refractivity contribution in [2.24, 2.45) is 5.92 Å². The third-order valence-corrected chi connectivity index (χ3v) is 5.99. The zero-order valence-electron chi connectivity index (χ0n) is 18.1. The fraction of sp³-hybridized carbons (Fsp3) is 0.292. The number of hydrogen-bond acceptors (Lipinski definition) is 4. The molecule has 4 rings (SSSR count). The Balaban J connectivity index is 1.78. The molecule has 1 aliphatic rings. The maximum Gasteiger partial charge on any atom is 0.322 e. The standard InChI is InChI=1S/C24H24Cl2N4O2/c1-14(2)12-13-30-15(3)20(21(27-24(30)31)16-4-8-18(25)9-5-16)23-28-22(29-32-23)17-6-10-19(26)11-7-17/h4-11,14,21H,12-13H2,1-3H3,(H,27,31). The molecule has 0 bridgehead atoms. The van der Waals surface area contributed by atoms with Crippen LogP contribution in [0.3, 0.4) is 0 Å². The number of aromatic nitrogens is 2. The van der Waals surface area contributed by atoms with Gasteiger partial charge in [0.2, 0.25) is 5.82 Å². The van der Waals surface area contributed by atoms with Crippen LogP contribution in [0.5, 0.6) is 0 Å². The van der Waals surface area contributed by atoms with Crippen LogP contribution in [0, 0.1) is 5.92 Å². The van der Waals surface area contributed by atoms with Crippen LogP contribution in [0.2, 0.25) is 10.0 Å². The van der Waals surface area contributed by atoms with Gasteiger partial charge in [0, 0.05) is 27.9 Å². The van der Waals surface area contributed by atoms with E-state index in [2.05, 4.69) is 29.3 Å². The van der Waals surface area contributed by atoms with E-state index in [1.807, 2.05) is 31.2 Å². The van der Waals surface area contributed by atoms with Gasteiger partial charge in [-0.3, -0.25) is 4.90 Å². The summed E-state index contributed by atoms with van der Waals surface area (Å²) in [5, 5.41) is 8.53. The van der Waals surface area contributed by atoms with Gasteiger partial charge in [-0.25, -0.2) is 4.79 Å². The molecule has 0 fully saturated rings. The number of nitrogens with zero attached hydrogens (tertiary/aromatic N) is 3. The minimum absolute atomic E-state index is 0.149. The first-order valence-electron chi connectivity index (χ1n) is 10.5. The number of urea groups is 1. The van der Waals surface area contributed by atoms with Gasteiger partial charge in [-0.2, -0.15) is 4.98 Å². The smallest absolute Gasteiger partial charge is 0.322 e. The van der Waals surface area contributed by atoms with Crippen molar-refractivity contribution in [3.05, 3.63) is 75.7 Å². The second-order valence-electron chi connectivity index (χ2n) is 8.20. The molecular formula is C24H24Cl2N4O2. The highest BCUT2D eigenvalue weighted by atomic mass is 35.5. The van der Waals surface area contributed by atoms with Crippen LogP contribution in [-0.2, 0) is 0 Å². The van der Waals surface area contributed by atoms with Gasteiger partial charge >= 0.3 is 6.03 Å². The second kappa shape index (κ2) is 9.35. The van der Waals surface area contributed by atoms with Crippen molar-refractivity contribution in [1.82, 2.24) is 20.4 Å². The predicted molar refractivity (Wildman–Crippen MR) is 126 cm³/mol. The van der Waals surface area contributed by atoms with Gasteiger partial charge < -0.3 is 9.84 Å². The molecule has 32 heavy (non-hydrogen) atoms. The average Bonchev–Trinajstić information content (AvgIpc) is 3.23. The topological polar surface area (TPSA) is 71.3 Å². The highest BCUT2D eigenvalue weighted by Crippen LogP contribution is 2.37. The lowest BCUT2D eigenvalue weighted by atomic mass is 9.94. The maximum atomic E-state index is 13.0. The van der Waals surface area contributed by atoms with Gasteiger partial charge in [-0.1, -0.05) is 54.3 Å². The van der Waals surface area contributed by atoms with Crippen LogP contribution in [-0.4, -0.2) is 27.6 Å². The van der Waals surface area contributed by atoms with E-state index >= 15 is 0 Å². The molecule has 0 spiro atoms. The van der Waals surface area contributed by atoms with Crippen molar-refractivity contribution in [2.45, 2.75) is 33.2 Å². The minimum atomic E-state index is -0.436. The van der Waals surface area contributed by atoms with Crippen LogP contribution in [0.25, 0.3) is 17.0 Å². The minimum Gasteiger partial charge on any atom is -0.334 e. The SMILES string of the molecule is CC1=C(c2nc(-c3ccc(Cl)cc3)no2)C(c2ccc(Cl)cc2)NC(=O)N1CCC(C)C. The Morgan fingerprint density at radius 1 is 1.06 bits per heavy atom. The average molecular weight is 471 g/mol. The molecule has 1 unspecified atom stereocenters. The quantitative estimate of drug-likeness (QED) is 0.441. The van der Waals surface area contributed by atoms with Crippen molar-refractivity contribution in [3.63, 3.8) is 0 Å². The van der Waals surface area contributed by atoms with Crippen LogP contribution in [0.4, 0.5) is 4.79 Å². The molecule has 166 valence electrons. The molecule has 2 amide bonds. The Bertz CT molecular complexity index is 1140. The van der Waals surface area contributed by atoms with E-state index in [1.165, 1.54) is 0 Å². The molecule has 1 N–H and O–H groups in total. The first kappa shape index (κ1) is 22.4. The summed E-state index contributed by atoms with van der Waals surface area (Å²) >= 11 is 12.1. The molecule has 2 aromatic carbocycles. The number of nitrogens with one attached hydrogen (secondary N) is 1. The summed E-state index contributed by atoms with van der Waals surface area (Å²) in [5.41, 5.74) is 3.23. The summed E-state index contributed by atoms with van der Waals surface area (Å²) in [6.07, 6.45) is 0.878. The van der Waals surface area contributed by atoms with Crippen molar-refractivity contribution in [2.75, 3.05) is 6.54 Å². The van der Waals surface area contributed by atoms with Gasteiger partial charge in [0.05, 0.1) is 11.6 Å². The summed E-state index contributed by atoms with van der Waals surface area (Å²) in [7, 11) is 0. The molecule has 0 saturated heterocycles. The number of benzene rings is 2. The molecular weight excluding hydrogens is 447 g/mol. The number of carbonyl (C=O) groups is 1. The predicted octanol–water partition coefficient (Wildman–Crippen LogP) is 6.59. The molecule has 2 heterocycles. The third kappa shape index (κ3) is 4.66. The third-order valence-electron chi connectivity index (χ3n) is 5.49. The number of allylic oxidation sites excluding steroid dienone is 1. The summed E-state index contributed by atoms with van der Waals surface area (Å²) in [6.45, 7) is 6.79. The summed E-state index contributed by atoms with van der Waals surface area (Å²) < 4.78 is 5.69. The van der Waals surface area contributed by atoms with E-state index in [1.54, 1.807) is 29.2 Å². The lowest BCUT2D eigenvalue weighted by Gasteiger charge is -2.35. The molecule has 8 heteroatoms. The molecule has 6 nitrogen and oxygen atoms in total. The fourth-order valence-corrected chi connectivity index (χ4v) is 3.92. The number of rotatable bonds is 6. The zero-order chi connectivity index (χ0) is 22.8. The summed E-state index contributed by atoms with van der Waals surface area (Å²) in [5.74, 6) is 1.28. The molecule has 1 atom stereocenters. The van der Waals surface area contributed by atoms with Gasteiger partial charge in [0.25, 0.3) is 5.89 Å². The molecule has 1 aromatic heterocycles. The van der Waals surface area contributed by atoms with Crippen molar-refractivity contribution >= 4 is 34.8 Å². The number of halogens is 2. The molecule has 1 aliphatic heterocycles. The zero-order valence-corrected chi connectivity index (χ0v) is 19.6. The number of hydrogen-bond donors (Lipinski definition) is 1. The van der Waals surface area contributed by atoms with Crippen LogP contribution >= 0.6 is 23.2 Å². The van der Waals surface area contributed by atoms with Gasteiger partial charge in [-0.05, 0) is 61.2 Å². The van der Waals surface area contributed by atoms with E-state index in [-0.39, 0.29) is 6.03 Å². The summed E-state index contributed by atoms with van der Waals surface area (Å²) in [4.78, 5) is 19.4. The maximum absolute atomic E-state index is 13.0. The van der Waals surface area contributed by atoms with Crippen LogP contribution in [0.15, 0.2) is 58.8 Å². The Kier molecular flexibility index (Phi) is 6.53. The van der Waals surface area contributed by atoms with Crippen molar-refractivity contribution in [3.8, 4) is 11.4 Å². The monoisotopic (exact) mass is 470 g/mol. The molecule has 0 saturated carbocycles. The Morgan fingerprint density at radius 3 is 2.31 bits per heavy atom. The Labute approximate surface area is 197 Å². The van der Waals surface area contributed by atoms with E-state index in [9.17, 15) is 4.79 Å². The van der Waals surface area contributed by atoms with Gasteiger partial charge in [0.15, 0.2) is 0 Å². The van der Waals surface area contributed by atoms with E-state index in [0.717, 1.165) is 28.8 Å². The molecule has 3 aromatic rings. The normalized spacial score (nSPS) is 16.6. The second-order valence-corrected chi connectivity index (χ2v) is 9.07. The Morgan fingerprint density at radius 2 is 1.69 bits per heavy atom. The highest BCUT2D eigenvalue weighted by Gasteiger charge is 2.35. The molecule has 0 radical (unpaired) electrons. The molecule has 0 aliphatic carbocycles. The van der Waals surface area contributed by atoms with E-state index in [4.69, 9.17) is 27.7 Å². The highest BCUT2D eigenvalue weighted by molar-refractivity contribution is 6.30. The van der Waals surface area contributed by atoms with Crippen LogP contribution < -0.4 is 5.32 Å². The largest absolute Gasteiger partial charge is 0.334 e. The fourth-order valence-electron chi connectivity index (χ4n) is 3.67. The first-order chi connectivity index (χ1) is 15.3. The van der Waals surface area contributed by atoms with E-state index in [0.29, 0.717) is 34.2 Å². The van der Waals surface area contributed by atoms with Crippen molar-refractivity contribution < 1.29 is 9.32 Å². The first-order valence-corrected chi connectivity index (χ1v) is 11.2. The summed E-state index contributed by atoms with van der Waals surface area (Å²) in [6, 6.07) is 14.0.